The molecule has 0 fully saturated rings. The second-order valence-electron chi connectivity index (χ2n) is 6.14. The molecule has 0 aliphatic heterocycles. The zero-order valence-corrected chi connectivity index (χ0v) is 16.3. The standard InChI is InChI=1S/C22H30S/c1-8-10-20(11-9-2)19(7)18(6)15-21-13-12-17(5)14-22(21)23-16(3)4/h8-14,16H,6,15H2,1-5,7H3/b10-8-,11-9-. The molecule has 0 unspecified atom stereocenters. The van der Waals surface area contributed by atoms with Crippen molar-refractivity contribution in [1.29, 1.82) is 0 Å². The van der Waals surface area contributed by atoms with Crippen molar-refractivity contribution in [2.75, 3.05) is 0 Å². The molecule has 1 aromatic rings. The average molecular weight is 327 g/mol. The van der Waals surface area contributed by atoms with Crippen LogP contribution >= 0.6 is 11.8 Å². The Morgan fingerprint density at radius 1 is 1.17 bits per heavy atom. The van der Waals surface area contributed by atoms with Crippen LogP contribution in [0.15, 0.2) is 70.7 Å². The van der Waals surface area contributed by atoms with E-state index in [4.69, 9.17) is 0 Å². The summed E-state index contributed by atoms with van der Waals surface area (Å²) in [5.74, 6) is 0. The highest BCUT2D eigenvalue weighted by Crippen LogP contribution is 2.30. The Morgan fingerprint density at radius 2 is 1.78 bits per heavy atom. The summed E-state index contributed by atoms with van der Waals surface area (Å²) < 4.78 is 0. The molecule has 1 rings (SSSR count). The van der Waals surface area contributed by atoms with Crippen LogP contribution in [0.5, 0.6) is 0 Å². The summed E-state index contributed by atoms with van der Waals surface area (Å²) in [6.45, 7) is 17.3. The number of hydrogen-bond acceptors (Lipinski definition) is 1. The van der Waals surface area contributed by atoms with Crippen LogP contribution in [-0.4, -0.2) is 5.25 Å². The minimum absolute atomic E-state index is 0.585. The first-order chi connectivity index (χ1) is 10.9. The third-order valence-corrected chi connectivity index (χ3v) is 4.75. The Kier molecular flexibility index (Phi) is 8.19. The van der Waals surface area contributed by atoms with Gasteiger partial charge in [0.15, 0.2) is 0 Å². The van der Waals surface area contributed by atoms with Crippen LogP contribution < -0.4 is 0 Å². The van der Waals surface area contributed by atoms with Gasteiger partial charge in [0.05, 0.1) is 0 Å². The Balaban J connectivity index is 3.11. The molecule has 1 aromatic carbocycles. The average Bonchev–Trinajstić information content (AvgIpc) is 2.48. The van der Waals surface area contributed by atoms with Gasteiger partial charge in [0.1, 0.15) is 0 Å². The van der Waals surface area contributed by atoms with Gasteiger partial charge in [-0.25, -0.2) is 0 Å². The van der Waals surface area contributed by atoms with E-state index in [1.807, 2.05) is 11.8 Å². The largest absolute Gasteiger partial charge is 0.123 e. The van der Waals surface area contributed by atoms with Crippen molar-refractivity contribution in [2.45, 2.75) is 58.1 Å². The van der Waals surface area contributed by atoms with Crippen molar-refractivity contribution >= 4 is 11.8 Å². The summed E-state index contributed by atoms with van der Waals surface area (Å²) in [5.41, 5.74) is 6.38. The molecular weight excluding hydrogens is 296 g/mol. The highest BCUT2D eigenvalue weighted by Gasteiger charge is 2.09. The van der Waals surface area contributed by atoms with Crippen LogP contribution in [0.25, 0.3) is 0 Å². The normalized spacial score (nSPS) is 11.6. The lowest BCUT2D eigenvalue weighted by Crippen LogP contribution is -1.98. The van der Waals surface area contributed by atoms with Gasteiger partial charge in [0.25, 0.3) is 0 Å². The molecule has 0 N–H and O–H groups in total. The number of rotatable bonds is 7. The van der Waals surface area contributed by atoms with Crippen molar-refractivity contribution in [2.24, 2.45) is 0 Å². The fraction of sp³-hybridized carbons (Fsp3) is 0.364. The van der Waals surface area contributed by atoms with Crippen LogP contribution in [-0.2, 0) is 6.42 Å². The van der Waals surface area contributed by atoms with Gasteiger partial charge in [-0.3, -0.25) is 0 Å². The van der Waals surface area contributed by atoms with E-state index < -0.39 is 0 Å². The topological polar surface area (TPSA) is 0 Å². The number of thioether (sulfide) groups is 1. The maximum absolute atomic E-state index is 4.34. The van der Waals surface area contributed by atoms with E-state index in [0.29, 0.717) is 5.25 Å². The molecule has 1 heteroatoms. The molecule has 0 saturated heterocycles. The first kappa shape index (κ1) is 19.6. The first-order valence-electron chi connectivity index (χ1n) is 8.29. The summed E-state index contributed by atoms with van der Waals surface area (Å²) >= 11 is 1.94. The van der Waals surface area contributed by atoms with E-state index >= 15 is 0 Å². The Bertz CT molecular complexity index is 613. The lowest BCUT2D eigenvalue weighted by molar-refractivity contribution is 1.07. The van der Waals surface area contributed by atoms with E-state index in [9.17, 15) is 0 Å². The molecule has 0 bridgehead atoms. The molecule has 0 amide bonds. The van der Waals surface area contributed by atoms with Crippen LogP contribution in [0.1, 0.15) is 45.7 Å². The van der Waals surface area contributed by atoms with Gasteiger partial charge in [0.2, 0.25) is 0 Å². The predicted molar refractivity (Wildman–Crippen MR) is 107 cm³/mol. The minimum atomic E-state index is 0.585. The van der Waals surface area contributed by atoms with Crippen molar-refractivity contribution < 1.29 is 0 Å². The van der Waals surface area contributed by atoms with Gasteiger partial charge in [-0.2, -0.15) is 0 Å². The van der Waals surface area contributed by atoms with E-state index in [2.05, 4.69) is 90.6 Å². The number of benzene rings is 1. The first-order valence-corrected chi connectivity index (χ1v) is 9.17. The molecule has 0 atom stereocenters. The zero-order chi connectivity index (χ0) is 17.4. The molecule has 0 aliphatic rings. The van der Waals surface area contributed by atoms with Crippen LogP contribution in [0.3, 0.4) is 0 Å². The Hall–Kier alpha value is -1.47. The smallest absolute Gasteiger partial charge is 0.0113 e. The van der Waals surface area contributed by atoms with Gasteiger partial charge in [0, 0.05) is 10.1 Å². The van der Waals surface area contributed by atoms with Crippen LogP contribution in [0.2, 0.25) is 0 Å². The molecule has 0 heterocycles. The summed E-state index contributed by atoms with van der Waals surface area (Å²) in [5, 5.41) is 0.585. The maximum atomic E-state index is 4.34. The van der Waals surface area contributed by atoms with Crippen molar-refractivity contribution in [1.82, 2.24) is 0 Å². The second-order valence-corrected chi connectivity index (χ2v) is 7.76. The minimum Gasteiger partial charge on any atom is -0.123 e. The van der Waals surface area contributed by atoms with Gasteiger partial charge >= 0.3 is 0 Å². The molecule has 0 aromatic heterocycles. The van der Waals surface area contributed by atoms with E-state index in [0.717, 1.165) is 6.42 Å². The van der Waals surface area contributed by atoms with E-state index in [1.54, 1.807) is 0 Å². The van der Waals surface area contributed by atoms with Crippen LogP contribution in [0, 0.1) is 6.92 Å². The maximum Gasteiger partial charge on any atom is 0.0113 e. The molecular formula is C22H30S. The summed E-state index contributed by atoms with van der Waals surface area (Å²) in [6, 6.07) is 6.75. The molecule has 0 radical (unpaired) electrons. The van der Waals surface area contributed by atoms with E-state index in [-0.39, 0.29) is 0 Å². The van der Waals surface area contributed by atoms with Crippen LogP contribution in [0.4, 0.5) is 0 Å². The van der Waals surface area contributed by atoms with Gasteiger partial charge in [-0.1, -0.05) is 62.4 Å². The third kappa shape index (κ3) is 6.27. The fourth-order valence-corrected chi connectivity index (χ4v) is 3.46. The number of allylic oxidation sites excluding steroid dienone is 7. The van der Waals surface area contributed by atoms with Gasteiger partial charge in [-0.05, 0) is 62.5 Å². The van der Waals surface area contributed by atoms with E-state index in [1.165, 1.54) is 32.7 Å². The number of aryl methyl sites for hydroxylation is 1. The molecule has 124 valence electrons. The van der Waals surface area contributed by atoms with Crippen molar-refractivity contribution in [3.05, 3.63) is 76.9 Å². The molecule has 0 saturated carbocycles. The van der Waals surface area contributed by atoms with Gasteiger partial charge < -0.3 is 0 Å². The van der Waals surface area contributed by atoms with Gasteiger partial charge in [-0.15, -0.1) is 11.8 Å². The summed E-state index contributed by atoms with van der Waals surface area (Å²) in [4.78, 5) is 1.38. The lowest BCUT2D eigenvalue weighted by atomic mass is 9.95. The summed E-state index contributed by atoms with van der Waals surface area (Å²) in [6.07, 6.45) is 9.37. The number of hydrogen-bond donors (Lipinski definition) is 0. The zero-order valence-electron chi connectivity index (χ0n) is 15.4. The second kappa shape index (κ2) is 9.62. The highest BCUT2D eigenvalue weighted by atomic mass is 32.2. The monoisotopic (exact) mass is 326 g/mol. The SMILES string of the molecule is C=C(Cc1ccc(C)cc1SC(C)C)C(C)=C(/C=C\C)/C=C\C. The Morgan fingerprint density at radius 3 is 2.30 bits per heavy atom. The predicted octanol–water partition coefficient (Wildman–Crippen LogP) is 7.06. The molecule has 23 heavy (non-hydrogen) atoms. The molecule has 0 aliphatic carbocycles. The fourth-order valence-electron chi connectivity index (χ4n) is 2.40. The quantitative estimate of drug-likeness (QED) is 0.381. The van der Waals surface area contributed by atoms with Crippen molar-refractivity contribution in [3.63, 3.8) is 0 Å². The lowest BCUT2D eigenvalue weighted by Gasteiger charge is -2.15. The third-order valence-electron chi connectivity index (χ3n) is 3.64. The molecule has 0 spiro atoms. The summed E-state index contributed by atoms with van der Waals surface area (Å²) in [7, 11) is 0. The Labute approximate surface area is 147 Å². The molecule has 0 nitrogen and oxygen atoms in total. The highest BCUT2D eigenvalue weighted by molar-refractivity contribution is 8.00. The van der Waals surface area contributed by atoms with Crippen molar-refractivity contribution in [3.8, 4) is 0 Å².